The van der Waals surface area contributed by atoms with E-state index >= 15 is 0 Å². The molecule has 0 bridgehead atoms. The molecule has 0 saturated carbocycles. The molecule has 0 aliphatic carbocycles. The lowest BCUT2D eigenvalue weighted by atomic mass is 10.3. The van der Waals surface area contributed by atoms with Crippen LogP contribution in [0.2, 0.25) is 10.0 Å². The number of rotatable bonds is 3. The molecule has 98 valence electrons. The molecule has 0 unspecified atom stereocenters. The number of carbonyl (C=O) groups excluding carboxylic acids is 1. The summed E-state index contributed by atoms with van der Waals surface area (Å²) in [7, 11) is 0. The quantitative estimate of drug-likeness (QED) is 0.869. The maximum atomic E-state index is 11.4. The molecule has 4 nitrogen and oxygen atoms in total. The summed E-state index contributed by atoms with van der Waals surface area (Å²) in [5.41, 5.74) is 2.11. The smallest absolute Gasteiger partial charge is 0.408 e. The topological polar surface area (TPSA) is 47.6 Å². The normalized spacial score (nSPS) is 9.79. The van der Waals surface area contributed by atoms with Crippen LogP contribution >= 0.6 is 23.2 Å². The van der Waals surface area contributed by atoms with Gasteiger partial charge in [0.05, 0.1) is 5.02 Å². The molecule has 0 saturated heterocycles. The lowest BCUT2D eigenvalue weighted by Gasteiger charge is -2.09. The van der Waals surface area contributed by atoms with E-state index in [2.05, 4.69) is 5.48 Å². The van der Waals surface area contributed by atoms with E-state index in [4.69, 9.17) is 32.8 Å². The van der Waals surface area contributed by atoms with Crippen LogP contribution in [0.5, 0.6) is 11.5 Å². The highest BCUT2D eigenvalue weighted by atomic mass is 35.5. The maximum Gasteiger partial charge on any atom is 0.446 e. The Hall–Kier alpha value is -1.91. The van der Waals surface area contributed by atoms with Crippen molar-refractivity contribution in [1.82, 2.24) is 5.48 Å². The zero-order chi connectivity index (χ0) is 13.7. The van der Waals surface area contributed by atoms with E-state index < -0.39 is 6.09 Å². The van der Waals surface area contributed by atoms with E-state index in [-0.39, 0.29) is 10.8 Å². The number of ether oxygens (including phenoxy) is 1. The van der Waals surface area contributed by atoms with Crippen LogP contribution in [0.3, 0.4) is 0 Å². The summed E-state index contributed by atoms with van der Waals surface area (Å²) in [6.45, 7) is 0. The summed E-state index contributed by atoms with van der Waals surface area (Å²) in [6.07, 6.45) is -0.762. The van der Waals surface area contributed by atoms with Crippen LogP contribution < -0.4 is 15.1 Å². The average Bonchev–Trinajstić information content (AvgIpc) is 2.42. The molecular weight excluding hydrogens is 289 g/mol. The van der Waals surface area contributed by atoms with Crippen molar-refractivity contribution in [2.75, 3.05) is 0 Å². The fourth-order valence-electron chi connectivity index (χ4n) is 1.28. The fourth-order valence-corrected chi connectivity index (χ4v) is 1.61. The Kier molecular flexibility index (Phi) is 4.49. The van der Waals surface area contributed by atoms with Gasteiger partial charge in [0.2, 0.25) is 0 Å². The minimum atomic E-state index is -0.762. The Labute approximate surface area is 119 Å². The van der Waals surface area contributed by atoms with E-state index in [1.807, 2.05) is 6.07 Å². The highest BCUT2D eigenvalue weighted by Crippen LogP contribution is 2.30. The molecule has 0 aromatic heterocycles. The molecule has 0 spiro atoms. The van der Waals surface area contributed by atoms with E-state index in [0.29, 0.717) is 10.8 Å². The fraction of sp³-hybridized carbons (Fsp3) is 0. The molecule has 6 heteroatoms. The summed E-state index contributed by atoms with van der Waals surface area (Å²) in [5.74, 6) is 0.639. The molecule has 2 aromatic carbocycles. The molecular formula is C13H9Cl2NO3. The molecule has 19 heavy (non-hydrogen) atoms. The second-order valence-corrected chi connectivity index (χ2v) is 4.24. The molecule has 0 fully saturated rings. The number of amides is 1. The predicted molar refractivity (Wildman–Crippen MR) is 72.7 cm³/mol. The van der Waals surface area contributed by atoms with Crippen molar-refractivity contribution in [3.05, 3.63) is 58.6 Å². The third kappa shape index (κ3) is 3.77. The second kappa shape index (κ2) is 6.31. The van der Waals surface area contributed by atoms with Crippen LogP contribution in [0.25, 0.3) is 0 Å². The summed E-state index contributed by atoms with van der Waals surface area (Å²) < 4.78 is 4.96. The van der Waals surface area contributed by atoms with E-state index in [0.717, 1.165) is 0 Å². The first-order chi connectivity index (χ1) is 9.16. The Morgan fingerprint density at radius 2 is 1.74 bits per heavy atom. The third-order valence-electron chi connectivity index (χ3n) is 2.11. The number of hydroxylamine groups is 1. The highest BCUT2D eigenvalue weighted by molar-refractivity contribution is 6.42. The van der Waals surface area contributed by atoms with Crippen molar-refractivity contribution < 1.29 is 14.4 Å². The zero-order valence-electron chi connectivity index (χ0n) is 9.60. The minimum Gasteiger partial charge on any atom is -0.408 e. The number of nitrogens with one attached hydrogen (secondary N) is 1. The number of benzene rings is 2. The van der Waals surface area contributed by atoms with Crippen LogP contribution in [-0.4, -0.2) is 6.09 Å². The van der Waals surface area contributed by atoms with Gasteiger partial charge in [-0.25, -0.2) is 4.79 Å². The number of halogens is 2. The van der Waals surface area contributed by atoms with Gasteiger partial charge in [-0.2, -0.15) is 5.48 Å². The lowest BCUT2D eigenvalue weighted by Crippen LogP contribution is -2.30. The third-order valence-corrected chi connectivity index (χ3v) is 2.92. The standard InChI is InChI=1S/C13H9Cl2NO3/c14-10-7-4-8-11(12(10)15)19-16-13(17)18-9-5-2-1-3-6-9/h1-8H,(H,16,17). The van der Waals surface area contributed by atoms with Crippen molar-refractivity contribution in [3.8, 4) is 11.5 Å². The zero-order valence-corrected chi connectivity index (χ0v) is 11.1. The lowest BCUT2D eigenvalue weighted by molar-refractivity contribution is 0.142. The van der Waals surface area contributed by atoms with Gasteiger partial charge in [-0.15, -0.1) is 0 Å². The van der Waals surface area contributed by atoms with Crippen LogP contribution in [0.4, 0.5) is 4.79 Å². The van der Waals surface area contributed by atoms with Gasteiger partial charge in [-0.05, 0) is 24.3 Å². The predicted octanol–water partition coefficient (Wildman–Crippen LogP) is 4.08. The van der Waals surface area contributed by atoms with Gasteiger partial charge in [0.15, 0.2) is 5.75 Å². The number of hydrogen-bond acceptors (Lipinski definition) is 3. The summed E-state index contributed by atoms with van der Waals surface area (Å²) >= 11 is 11.7. The first-order valence-electron chi connectivity index (χ1n) is 5.30. The molecule has 0 atom stereocenters. The Bertz CT molecular complexity index is 575. The molecule has 0 heterocycles. The molecule has 0 radical (unpaired) electrons. The van der Waals surface area contributed by atoms with Crippen molar-refractivity contribution in [2.24, 2.45) is 0 Å². The molecule has 1 N–H and O–H groups in total. The number of carbonyl (C=O) groups is 1. The average molecular weight is 298 g/mol. The summed E-state index contributed by atoms with van der Waals surface area (Å²) in [4.78, 5) is 16.5. The van der Waals surface area contributed by atoms with Crippen LogP contribution in [0.15, 0.2) is 48.5 Å². The minimum absolute atomic E-state index is 0.212. The SMILES string of the molecule is O=C(NOc1cccc(Cl)c1Cl)Oc1ccccc1. The van der Waals surface area contributed by atoms with Crippen molar-refractivity contribution in [1.29, 1.82) is 0 Å². The van der Waals surface area contributed by atoms with Gasteiger partial charge in [0.1, 0.15) is 10.8 Å². The van der Waals surface area contributed by atoms with Crippen molar-refractivity contribution in [3.63, 3.8) is 0 Å². The molecule has 2 aromatic rings. The van der Waals surface area contributed by atoms with Crippen LogP contribution in [0, 0.1) is 0 Å². The first kappa shape index (κ1) is 13.5. The largest absolute Gasteiger partial charge is 0.446 e. The number of para-hydroxylation sites is 1. The van der Waals surface area contributed by atoms with Gasteiger partial charge < -0.3 is 9.57 Å². The molecule has 1 amide bonds. The number of hydrogen-bond donors (Lipinski definition) is 1. The summed E-state index contributed by atoms with van der Waals surface area (Å²) in [5, 5.41) is 0.543. The van der Waals surface area contributed by atoms with E-state index in [1.165, 1.54) is 0 Å². The summed E-state index contributed by atoms with van der Waals surface area (Å²) in [6, 6.07) is 13.4. The highest BCUT2D eigenvalue weighted by Gasteiger charge is 2.09. The van der Waals surface area contributed by atoms with Crippen LogP contribution in [-0.2, 0) is 0 Å². The van der Waals surface area contributed by atoms with Gasteiger partial charge in [-0.3, -0.25) is 0 Å². The molecule has 2 rings (SSSR count). The van der Waals surface area contributed by atoms with Gasteiger partial charge in [-0.1, -0.05) is 47.5 Å². The Balaban J connectivity index is 1.92. The van der Waals surface area contributed by atoms with Crippen molar-refractivity contribution in [2.45, 2.75) is 0 Å². The van der Waals surface area contributed by atoms with Crippen molar-refractivity contribution >= 4 is 29.3 Å². The van der Waals surface area contributed by atoms with E-state index in [1.54, 1.807) is 42.5 Å². The second-order valence-electron chi connectivity index (χ2n) is 3.46. The van der Waals surface area contributed by atoms with Gasteiger partial charge in [0.25, 0.3) is 0 Å². The Morgan fingerprint density at radius 1 is 1.00 bits per heavy atom. The van der Waals surface area contributed by atoms with Gasteiger partial charge in [0, 0.05) is 0 Å². The van der Waals surface area contributed by atoms with Gasteiger partial charge >= 0.3 is 6.09 Å². The first-order valence-corrected chi connectivity index (χ1v) is 6.06. The Morgan fingerprint density at radius 3 is 2.47 bits per heavy atom. The maximum absolute atomic E-state index is 11.4. The van der Waals surface area contributed by atoms with Crippen LogP contribution in [0.1, 0.15) is 0 Å². The molecule has 0 aliphatic rings. The monoisotopic (exact) mass is 297 g/mol. The molecule has 0 aliphatic heterocycles. The van der Waals surface area contributed by atoms with E-state index in [9.17, 15) is 4.79 Å².